The third kappa shape index (κ3) is 4.66. The maximum atomic E-state index is 12.8. The van der Waals surface area contributed by atoms with Crippen LogP contribution in [0.1, 0.15) is 22.6 Å². The van der Waals surface area contributed by atoms with Crippen molar-refractivity contribution in [3.8, 4) is 5.75 Å². The second-order valence-corrected chi connectivity index (χ2v) is 5.90. The topological polar surface area (TPSA) is 77.2 Å². The van der Waals surface area contributed by atoms with Gasteiger partial charge in [0.1, 0.15) is 11.6 Å². The van der Waals surface area contributed by atoms with E-state index in [9.17, 15) is 9.18 Å². The highest BCUT2D eigenvalue weighted by atomic mass is 19.1. The molecule has 0 bridgehead atoms. The molecule has 0 radical (unpaired) electrons. The monoisotopic (exact) mass is 355 g/mol. The highest BCUT2D eigenvalue weighted by molar-refractivity contribution is 5.89. The molecule has 134 valence electrons. The summed E-state index contributed by atoms with van der Waals surface area (Å²) in [7, 11) is 0. The lowest BCUT2D eigenvalue weighted by Gasteiger charge is -2.05. The number of aromatic nitrogens is 2. The quantitative estimate of drug-likeness (QED) is 0.733. The maximum absolute atomic E-state index is 12.8. The van der Waals surface area contributed by atoms with Gasteiger partial charge in [-0.2, -0.15) is 0 Å². The van der Waals surface area contributed by atoms with Gasteiger partial charge in [0.2, 0.25) is 5.89 Å². The van der Waals surface area contributed by atoms with Crippen LogP contribution in [0.3, 0.4) is 0 Å². The van der Waals surface area contributed by atoms with E-state index in [1.807, 2.05) is 26.0 Å². The molecular weight excluding hydrogens is 337 g/mol. The number of benzene rings is 2. The van der Waals surface area contributed by atoms with Crippen LogP contribution in [0.15, 0.2) is 46.9 Å². The maximum Gasteiger partial charge on any atom is 0.322 e. The number of nitrogens with zero attached hydrogens (tertiary/aromatic N) is 2. The summed E-state index contributed by atoms with van der Waals surface area (Å²) in [5.74, 6) is -0.0191. The summed E-state index contributed by atoms with van der Waals surface area (Å²) in [5, 5.41) is 10.2. The average Bonchev–Trinajstić information content (AvgIpc) is 3.04. The Labute approximate surface area is 150 Å². The summed E-state index contributed by atoms with van der Waals surface area (Å²) in [6.45, 7) is 3.81. The Morgan fingerprint density at radius 2 is 1.92 bits per heavy atom. The summed E-state index contributed by atoms with van der Waals surface area (Å²) in [5.41, 5.74) is 3.41. The number of amides is 1. The van der Waals surface area contributed by atoms with E-state index in [2.05, 4.69) is 21.6 Å². The summed E-state index contributed by atoms with van der Waals surface area (Å²) >= 11 is 0. The molecule has 2 aromatic carbocycles. The van der Waals surface area contributed by atoms with Crippen LogP contribution in [0, 0.1) is 19.7 Å². The molecule has 0 aliphatic heterocycles. The van der Waals surface area contributed by atoms with E-state index in [-0.39, 0.29) is 18.4 Å². The predicted molar refractivity (Wildman–Crippen MR) is 93.5 cm³/mol. The zero-order chi connectivity index (χ0) is 18.5. The standard InChI is InChI=1S/C19H18FN3O3/c1-12-3-4-14(13(2)9-12)10-18-22-23-19(26-18)21-17(24)11-25-16-7-5-15(20)6-8-16/h3-9H,10-11H2,1-2H3,(H,21,23,24). The number of carbonyl (C=O) groups is 1. The second kappa shape index (κ2) is 7.77. The van der Waals surface area contributed by atoms with Gasteiger partial charge in [0.05, 0.1) is 6.42 Å². The highest BCUT2D eigenvalue weighted by Gasteiger charge is 2.12. The second-order valence-electron chi connectivity index (χ2n) is 5.90. The van der Waals surface area contributed by atoms with Crippen LogP contribution in [0.4, 0.5) is 10.4 Å². The predicted octanol–water partition coefficient (Wildman–Crippen LogP) is 3.43. The van der Waals surface area contributed by atoms with Gasteiger partial charge in [-0.1, -0.05) is 28.9 Å². The summed E-state index contributed by atoms with van der Waals surface area (Å²) in [6.07, 6.45) is 0.487. The van der Waals surface area contributed by atoms with Gasteiger partial charge < -0.3 is 9.15 Å². The third-order valence-electron chi connectivity index (χ3n) is 3.74. The number of ether oxygens (including phenoxy) is 1. The Kier molecular flexibility index (Phi) is 5.26. The minimum absolute atomic E-state index is 0.0115. The van der Waals surface area contributed by atoms with E-state index in [1.54, 1.807) is 0 Å². The van der Waals surface area contributed by atoms with E-state index in [4.69, 9.17) is 9.15 Å². The summed E-state index contributed by atoms with van der Waals surface area (Å²) in [4.78, 5) is 11.9. The van der Waals surface area contributed by atoms with Crippen LogP contribution < -0.4 is 10.1 Å². The molecule has 1 heterocycles. The molecule has 0 atom stereocenters. The molecule has 3 rings (SSSR count). The molecule has 0 spiro atoms. The smallest absolute Gasteiger partial charge is 0.322 e. The normalized spacial score (nSPS) is 10.6. The Morgan fingerprint density at radius 1 is 1.15 bits per heavy atom. The molecule has 0 saturated heterocycles. The zero-order valence-electron chi connectivity index (χ0n) is 14.5. The van der Waals surface area contributed by atoms with Crippen molar-refractivity contribution in [2.75, 3.05) is 11.9 Å². The van der Waals surface area contributed by atoms with Crippen LogP contribution in [0.5, 0.6) is 5.75 Å². The van der Waals surface area contributed by atoms with Crippen molar-refractivity contribution in [2.24, 2.45) is 0 Å². The lowest BCUT2D eigenvalue weighted by molar-refractivity contribution is -0.118. The number of halogens is 1. The molecule has 1 amide bonds. The molecule has 0 fully saturated rings. The molecule has 26 heavy (non-hydrogen) atoms. The Hall–Kier alpha value is -3.22. The molecule has 1 N–H and O–H groups in total. The molecular formula is C19H18FN3O3. The van der Waals surface area contributed by atoms with Gasteiger partial charge >= 0.3 is 6.01 Å². The molecule has 0 saturated carbocycles. The lowest BCUT2D eigenvalue weighted by Crippen LogP contribution is -2.20. The number of anilines is 1. The fourth-order valence-electron chi connectivity index (χ4n) is 2.42. The minimum Gasteiger partial charge on any atom is -0.484 e. The van der Waals surface area contributed by atoms with Crippen LogP contribution >= 0.6 is 0 Å². The molecule has 0 aliphatic rings. The third-order valence-corrected chi connectivity index (χ3v) is 3.74. The van der Waals surface area contributed by atoms with Gasteiger partial charge in [0.15, 0.2) is 6.61 Å². The number of hydrogen-bond acceptors (Lipinski definition) is 5. The minimum atomic E-state index is -0.448. The van der Waals surface area contributed by atoms with Crippen molar-refractivity contribution in [3.05, 3.63) is 70.9 Å². The molecule has 6 nitrogen and oxygen atoms in total. The van der Waals surface area contributed by atoms with Crippen molar-refractivity contribution in [1.29, 1.82) is 0 Å². The van der Waals surface area contributed by atoms with E-state index in [0.717, 1.165) is 11.1 Å². The van der Waals surface area contributed by atoms with E-state index < -0.39 is 5.91 Å². The van der Waals surface area contributed by atoms with Crippen molar-refractivity contribution in [1.82, 2.24) is 10.2 Å². The van der Waals surface area contributed by atoms with E-state index in [1.165, 1.54) is 29.8 Å². The first-order chi connectivity index (χ1) is 12.5. The first-order valence-corrected chi connectivity index (χ1v) is 8.06. The Morgan fingerprint density at radius 3 is 2.65 bits per heavy atom. The fourth-order valence-corrected chi connectivity index (χ4v) is 2.42. The zero-order valence-corrected chi connectivity index (χ0v) is 14.5. The van der Waals surface area contributed by atoms with E-state index in [0.29, 0.717) is 18.1 Å². The van der Waals surface area contributed by atoms with Gasteiger partial charge in [0.25, 0.3) is 5.91 Å². The van der Waals surface area contributed by atoms with Crippen molar-refractivity contribution in [2.45, 2.75) is 20.3 Å². The van der Waals surface area contributed by atoms with Crippen molar-refractivity contribution >= 4 is 11.9 Å². The molecule has 0 aliphatic carbocycles. The first-order valence-electron chi connectivity index (χ1n) is 8.06. The average molecular weight is 355 g/mol. The Bertz CT molecular complexity index is 907. The number of hydrogen-bond donors (Lipinski definition) is 1. The van der Waals surface area contributed by atoms with Gasteiger partial charge in [0, 0.05) is 0 Å². The van der Waals surface area contributed by atoms with Crippen LogP contribution in [-0.4, -0.2) is 22.7 Å². The summed E-state index contributed by atoms with van der Waals surface area (Å²) < 4.78 is 23.5. The largest absolute Gasteiger partial charge is 0.484 e. The van der Waals surface area contributed by atoms with Crippen molar-refractivity contribution < 1.29 is 18.3 Å². The van der Waals surface area contributed by atoms with Gasteiger partial charge in [-0.3, -0.25) is 10.1 Å². The fraction of sp³-hybridized carbons (Fsp3) is 0.211. The van der Waals surface area contributed by atoms with Crippen LogP contribution in [-0.2, 0) is 11.2 Å². The number of carbonyl (C=O) groups excluding carboxylic acids is 1. The number of rotatable bonds is 6. The SMILES string of the molecule is Cc1ccc(Cc2nnc(NC(=O)COc3ccc(F)cc3)o2)c(C)c1. The molecule has 7 heteroatoms. The van der Waals surface area contributed by atoms with Crippen LogP contribution in [0.25, 0.3) is 0 Å². The van der Waals surface area contributed by atoms with Crippen LogP contribution in [0.2, 0.25) is 0 Å². The van der Waals surface area contributed by atoms with Gasteiger partial charge in [-0.25, -0.2) is 4.39 Å². The highest BCUT2D eigenvalue weighted by Crippen LogP contribution is 2.16. The molecule has 0 unspecified atom stereocenters. The lowest BCUT2D eigenvalue weighted by atomic mass is 10.0. The number of aryl methyl sites for hydroxylation is 2. The Balaban J connectivity index is 1.54. The van der Waals surface area contributed by atoms with Crippen molar-refractivity contribution in [3.63, 3.8) is 0 Å². The van der Waals surface area contributed by atoms with E-state index >= 15 is 0 Å². The van der Waals surface area contributed by atoms with Gasteiger partial charge in [-0.05, 0) is 49.2 Å². The first kappa shape index (κ1) is 17.6. The molecule has 3 aromatic rings. The van der Waals surface area contributed by atoms with Gasteiger partial charge in [-0.15, -0.1) is 5.10 Å². The summed E-state index contributed by atoms with van der Waals surface area (Å²) in [6, 6.07) is 11.5. The number of nitrogens with one attached hydrogen (secondary N) is 1. The molecule has 1 aromatic heterocycles.